The summed E-state index contributed by atoms with van der Waals surface area (Å²) in [4.78, 5) is 28.4. The van der Waals surface area contributed by atoms with E-state index < -0.39 is 18.2 Å². The fourth-order valence-corrected chi connectivity index (χ4v) is 3.49. The van der Waals surface area contributed by atoms with Crippen molar-refractivity contribution in [1.29, 1.82) is 0 Å². The summed E-state index contributed by atoms with van der Waals surface area (Å²) >= 11 is 0. The predicted molar refractivity (Wildman–Crippen MR) is 92.7 cm³/mol. The van der Waals surface area contributed by atoms with E-state index in [-0.39, 0.29) is 25.5 Å². The highest BCUT2D eigenvalue weighted by Crippen LogP contribution is 2.24. The molecule has 0 saturated carbocycles. The van der Waals surface area contributed by atoms with E-state index in [0.29, 0.717) is 5.92 Å². The lowest BCUT2D eigenvalue weighted by atomic mass is 9.98. The zero-order valence-corrected chi connectivity index (χ0v) is 14.6. The van der Waals surface area contributed by atoms with Gasteiger partial charge in [0.15, 0.2) is 0 Å². The molecule has 1 N–H and O–H groups in total. The van der Waals surface area contributed by atoms with Gasteiger partial charge in [-0.1, -0.05) is 37.3 Å². The summed E-state index contributed by atoms with van der Waals surface area (Å²) in [5.74, 6) is 0.560. The number of hydrogen-bond donors (Lipinski definition) is 1. The zero-order chi connectivity index (χ0) is 17.8. The molecule has 2 heterocycles. The number of β-amino-alcohol motifs (C(OH)–C–C–N with tert-alkyl or cyclic N) is 1. The summed E-state index contributed by atoms with van der Waals surface area (Å²) < 4.78 is 5.35. The van der Waals surface area contributed by atoms with Gasteiger partial charge >= 0.3 is 6.09 Å². The van der Waals surface area contributed by atoms with Gasteiger partial charge in [-0.25, -0.2) is 4.79 Å². The third kappa shape index (κ3) is 4.31. The molecule has 2 amide bonds. The first-order valence-electron chi connectivity index (χ1n) is 8.98. The Kier molecular flexibility index (Phi) is 5.58. The Bertz CT molecular complexity index is 599. The molecule has 0 unspecified atom stereocenters. The molecule has 1 aromatic rings. The van der Waals surface area contributed by atoms with Gasteiger partial charge in [0.2, 0.25) is 5.91 Å². The number of nitrogens with zero attached hydrogens (tertiary/aromatic N) is 2. The van der Waals surface area contributed by atoms with E-state index in [1.165, 1.54) is 4.90 Å². The van der Waals surface area contributed by atoms with Crippen LogP contribution in [-0.2, 0) is 16.1 Å². The van der Waals surface area contributed by atoms with E-state index in [2.05, 4.69) is 6.92 Å². The van der Waals surface area contributed by atoms with Crippen LogP contribution in [0.1, 0.15) is 31.7 Å². The fraction of sp³-hybridized carbons (Fsp3) is 0.579. The lowest BCUT2D eigenvalue weighted by Crippen LogP contribution is -2.49. The first kappa shape index (κ1) is 17.7. The molecule has 2 aliphatic rings. The van der Waals surface area contributed by atoms with Crippen LogP contribution in [0, 0.1) is 5.92 Å². The molecular formula is C19H26N2O4. The van der Waals surface area contributed by atoms with Crippen molar-refractivity contribution in [3.63, 3.8) is 0 Å². The molecular weight excluding hydrogens is 320 g/mol. The van der Waals surface area contributed by atoms with E-state index in [9.17, 15) is 14.7 Å². The maximum absolute atomic E-state index is 12.8. The Labute approximate surface area is 148 Å². The molecule has 136 valence electrons. The Morgan fingerprint density at radius 1 is 1.20 bits per heavy atom. The second kappa shape index (κ2) is 7.87. The zero-order valence-electron chi connectivity index (χ0n) is 14.6. The number of ether oxygens (including phenoxy) is 1. The summed E-state index contributed by atoms with van der Waals surface area (Å²) in [5, 5.41) is 9.97. The molecule has 0 spiro atoms. The Balaban J connectivity index is 1.60. The fourth-order valence-electron chi connectivity index (χ4n) is 3.49. The largest absolute Gasteiger partial charge is 0.445 e. The number of carbonyl (C=O) groups is 2. The molecule has 25 heavy (non-hydrogen) atoms. The van der Waals surface area contributed by atoms with Crippen molar-refractivity contribution in [2.75, 3.05) is 19.6 Å². The van der Waals surface area contributed by atoms with Crippen molar-refractivity contribution in [1.82, 2.24) is 9.80 Å². The van der Waals surface area contributed by atoms with Crippen molar-refractivity contribution in [2.45, 2.75) is 44.9 Å². The summed E-state index contributed by atoms with van der Waals surface area (Å²) in [6.07, 6.45) is 1.04. The highest BCUT2D eigenvalue weighted by Gasteiger charge is 2.42. The Morgan fingerprint density at radius 2 is 1.88 bits per heavy atom. The van der Waals surface area contributed by atoms with Crippen LogP contribution in [0.4, 0.5) is 4.79 Å². The first-order valence-corrected chi connectivity index (χ1v) is 8.98. The number of likely N-dealkylation sites (tertiary alicyclic amines) is 2. The molecule has 0 aliphatic carbocycles. The molecule has 6 nitrogen and oxygen atoms in total. The number of rotatable bonds is 3. The van der Waals surface area contributed by atoms with E-state index in [1.807, 2.05) is 35.2 Å². The number of amides is 2. The van der Waals surface area contributed by atoms with Crippen molar-refractivity contribution in [2.24, 2.45) is 5.92 Å². The van der Waals surface area contributed by atoms with Gasteiger partial charge in [0.1, 0.15) is 12.6 Å². The average Bonchev–Trinajstić information content (AvgIpc) is 3.02. The number of carbonyl (C=O) groups excluding carboxylic acids is 2. The lowest BCUT2D eigenvalue weighted by molar-refractivity contribution is -0.137. The van der Waals surface area contributed by atoms with Crippen molar-refractivity contribution in [3.05, 3.63) is 35.9 Å². The van der Waals surface area contributed by atoms with Crippen molar-refractivity contribution >= 4 is 12.0 Å². The molecule has 2 atom stereocenters. The van der Waals surface area contributed by atoms with Gasteiger partial charge in [0, 0.05) is 19.5 Å². The number of aliphatic hydroxyl groups excluding tert-OH is 1. The number of hydrogen-bond acceptors (Lipinski definition) is 4. The highest BCUT2D eigenvalue weighted by molar-refractivity contribution is 5.86. The second-order valence-electron chi connectivity index (χ2n) is 7.11. The Morgan fingerprint density at radius 3 is 2.56 bits per heavy atom. The minimum atomic E-state index is -0.679. The molecule has 0 radical (unpaired) electrons. The number of piperidine rings is 1. The van der Waals surface area contributed by atoms with Crippen LogP contribution in [0.15, 0.2) is 30.3 Å². The number of aliphatic hydroxyl groups is 1. The third-order valence-corrected chi connectivity index (χ3v) is 5.10. The van der Waals surface area contributed by atoms with E-state index in [1.54, 1.807) is 0 Å². The lowest BCUT2D eigenvalue weighted by Gasteiger charge is -2.34. The third-order valence-electron chi connectivity index (χ3n) is 5.10. The summed E-state index contributed by atoms with van der Waals surface area (Å²) in [6.45, 7) is 3.94. The standard InChI is InChI=1S/C19H26N2O4/c1-14-7-9-20(10-8-14)18(23)17-11-16(22)12-21(17)19(24)25-13-15-5-3-2-4-6-15/h2-6,14,16-17,22H,7-13H2,1H3/t16-,17+/m1/s1. The normalized spacial score (nSPS) is 24.4. The monoisotopic (exact) mass is 346 g/mol. The molecule has 2 aliphatic heterocycles. The molecule has 0 aromatic heterocycles. The van der Waals surface area contributed by atoms with E-state index >= 15 is 0 Å². The number of benzene rings is 1. The average molecular weight is 346 g/mol. The van der Waals surface area contributed by atoms with Crippen LogP contribution in [-0.4, -0.2) is 58.7 Å². The van der Waals surface area contributed by atoms with Crippen LogP contribution in [0.2, 0.25) is 0 Å². The van der Waals surface area contributed by atoms with Gasteiger partial charge in [0.25, 0.3) is 0 Å². The van der Waals surface area contributed by atoms with Gasteiger partial charge < -0.3 is 14.7 Å². The molecule has 1 aromatic carbocycles. The molecule has 0 bridgehead atoms. The maximum Gasteiger partial charge on any atom is 0.410 e. The molecule has 6 heteroatoms. The minimum Gasteiger partial charge on any atom is -0.445 e. The van der Waals surface area contributed by atoms with Gasteiger partial charge in [-0.3, -0.25) is 9.69 Å². The highest BCUT2D eigenvalue weighted by atomic mass is 16.6. The van der Waals surface area contributed by atoms with Crippen LogP contribution in [0.25, 0.3) is 0 Å². The van der Waals surface area contributed by atoms with Crippen LogP contribution >= 0.6 is 0 Å². The van der Waals surface area contributed by atoms with Crippen LogP contribution in [0.3, 0.4) is 0 Å². The maximum atomic E-state index is 12.8. The SMILES string of the molecule is CC1CCN(C(=O)[C@@H]2C[C@@H](O)CN2C(=O)OCc2ccccc2)CC1. The summed E-state index contributed by atoms with van der Waals surface area (Å²) in [7, 11) is 0. The van der Waals surface area contributed by atoms with Gasteiger partial charge in [-0.15, -0.1) is 0 Å². The van der Waals surface area contributed by atoms with Crippen molar-refractivity contribution in [3.8, 4) is 0 Å². The predicted octanol–water partition coefficient (Wildman–Crippen LogP) is 2.02. The molecule has 2 fully saturated rings. The summed E-state index contributed by atoms with van der Waals surface area (Å²) in [5.41, 5.74) is 0.892. The Hall–Kier alpha value is -2.08. The van der Waals surface area contributed by atoms with Gasteiger partial charge in [-0.05, 0) is 24.3 Å². The van der Waals surface area contributed by atoms with E-state index in [4.69, 9.17) is 4.74 Å². The van der Waals surface area contributed by atoms with Gasteiger partial charge in [0.05, 0.1) is 12.6 Å². The van der Waals surface area contributed by atoms with Crippen LogP contribution in [0.5, 0.6) is 0 Å². The van der Waals surface area contributed by atoms with Gasteiger partial charge in [-0.2, -0.15) is 0 Å². The first-order chi connectivity index (χ1) is 12.0. The van der Waals surface area contributed by atoms with Crippen molar-refractivity contribution < 1.29 is 19.4 Å². The van der Waals surface area contributed by atoms with E-state index in [0.717, 1.165) is 31.5 Å². The minimum absolute atomic E-state index is 0.0693. The smallest absolute Gasteiger partial charge is 0.410 e. The second-order valence-corrected chi connectivity index (χ2v) is 7.11. The molecule has 2 saturated heterocycles. The topological polar surface area (TPSA) is 70.1 Å². The summed E-state index contributed by atoms with van der Waals surface area (Å²) in [6, 6.07) is 8.80. The van der Waals surface area contributed by atoms with Crippen LogP contribution < -0.4 is 0 Å². The molecule has 3 rings (SSSR count). The quantitative estimate of drug-likeness (QED) is 0.909.